The fourth-order valence-electron chi connectivity index (χ4n) is 4.41. The molecule has 1 aliphatic rings. The number of aromatic nitrogens is 2. The maximum absolute atomic E-state index is 13.8. The second-order valence-electron chi connectivity index (χ2n) is 7.92. The number of carbonyl (C=O) groups excluding carboxylic acids is 2. The molecule has 0 N–H and O–H groups in total. The maximum atomic E-state index is 13.8. The molecule has 7 heteroatoms. The minimum absolute atomic E-state index is 0.209. The zero-order valence-electron chi connectivity index (χ0n) is 18.8. The summed E-state index contributed by atoms with van der Waals surface area (Å²) in [6.07, 6.45) is 2.87. The maximum Gasteiger partial charge on any atom is 0.321 e. The molecule has 3 aromatic rings. The molecule has 0 fully saturated rings. The molecule has 0 saturated carbocycles. The lowest BCUT2D eigenvalue weighted by Crippen LogP contribution is -2.50. The lowest BCUT2D eigenvalue weighted by atomic mass is 9.89. The number of benzene rings is 2. The third kappa shape index (κ3) is 3.83. The van der Waals surface area contributed by atoms with Gasteiger partial charge in [0.15, 0.2) is 5.92 Å². The third-order valence-corrected chi connectivity index (χ3v) is 5.91. The zero-order valence-corrected chi connectivity index (χ0v) is 18.8. The number of nitrogens with zero attached hydrogens (tertiary/aromatic N) is 3. The molecule has 168 valence electrons. The minimum atomic E-state index is -1.01. The quantitative estimate of drug-likeness (QED) is 0.299. The fourth-order valence-corrected chi connectivity index (χ4v) is 4.41. The fraction of sp³-hybridized carbons (Fsp3) is 0.400. The van der Waals surface area contributed by atoms with E-state index >= 15 is 0 Å². The summed E-state index contributed by atoms with van der Waals surface area (Å²) in [6, 6.07) is 14.7. The van der Waals surface area contributed by atoms with Crippen LogP contribution in [0.5, 0.6) is 5.75 Å². The summed E-state index contributed by atoms with van der Waals surface area (Å²) in [5.74, 6) is -0.562. The van der Waals surface area contributed by atoms with Gasteiger partial charge >= 0.3 is 5.97 Å². The number of ether oxygens (including phenoxy) is 2. The van der Waals surface area contributed by atoms with Crippen molar-refractivity contribution in [2.75, 3.05) is 25.2 Å². The van der Waals surface area contributed by atoms with E-state index in [0.717, 1.165) is 35.9 Å². The molecule has 2 heterocycles. The first-order valence-corrected chi connectivity index (χ1v) is 11.2. The van der Waals surface area contributed by atoms with E-state index in [4.69, 9.17) is 14.5 Å². The Balaban J connectivity index is 1.94. The SMILES string of the molecule is CCCCCN1C(=O)[C@H](C(=O)OCC)[C@@H](c2cccc(OC)c2)n2c1nc1ccccc12. The van der Waals surface area contributed by atoms with E-state index in [1.54, 1.807) is 18.9 Å². The van der Waals surface area contributed by atoms with Gasteiger partial charge in [-0.3, -0.25) is 14.5 Å². The second-order valence-corrected chi connectivity index (χ2v) is 7.92. The van der Waals surface area contributed by atoms with Crippen molar-refractivity contribution in [2.24, 2.45) is 5.92 Å². The van der Waals surface area contributed by atoms with Crippen LogP contribution in [-0.2, 0) is 14.3 Å². The largest absolute Gasteiger partial charge is 0.497 e. The van der Waals surface area contributed by atoms with Crippen molar-refractivity contribution in [3.05, 3.63) is 54.1 Å². The Kier molecular flexibility index (Phi) is 6.44. The molecule has 2 aromatic carbocycles. The topological polar surface area (TPSA) is 73.7 Å². The van der Waals surface area contributed by atoms with Crippen molar-refractivity contribution >= 4 is 28.9 Å². The Morgan fingerprint density at radius 3 is 2.66 bits per heavy atom. The van der Waals surface area contributed by atoms with Crippen LogP contribution in [0.2, 0.25) is 0 Å². The summed E-state index contributed by atoms with van der Waals surface area (Å²) in [7, 11) is 1.60. The van der Waals surface area contributed by atoms with Crippen molar-refractivity contribution < 1.29 is 19.1 Å². The van der Waals surface area contributed by atoms with Crippen molar-refractivity contribution in [3.63, 3.8) is 0 Å². The van der Waals surface area contributed by atoms with E-state index in [1.807, 2.05) is 53.1 Å². The molecular formula is C25H29N3O4. The third-order valence-electron chi connectivity index (χ3n) is 5.91. The van der Waals surface area contributed by atoms with Gasteiger partial charge in [0, 0.05) is 6.54 Å². The van der Waals surface area contributed by atoms with Gasteiger partial charge in [-0.1, -0.05) is 44.0 Å². The van der Waals surface area contributed by atoms with Crippen LogP contribution >= 0.6 is 0 Å². The van der Waals surface area contributed by atoms with Gasteiger partial charge in [0.25, 0.3) is 0 Å². The summed E-state index contributed by atoms with van der Waals surface area (Å²) in [6.45, 7) is 4.59. The molecule has 2 atom stereocenters. The van der Waals surface area contributed by atoms with Crippen LogP contribution in [0.3, 0.4) is 0 Å². The molecule has 0 aliphatic carbocycles. The number of hydrogen-bond acceptors (Lipinski definition) is 5. The van der Waals surface area contributed by atoms with Crippen LogP contribution in [0, 0.1) is 5.92 Å². The molecule has 4 rings (SSSR count). The Bertz CT molecular complexity index is 1120. The number of unbranched alkanes of at least 4 members (excludes halogenated alkanes) is 2. The smallest absolute Gasteiger partial charge is 0.321 e. The highest BCUT2D eigenvalue weighted by Crippen LogP contribution is 2.42. The van der Waals surface area contributed by atoms with Gasteiger partial charge in [0.05, 0.1) is 30.8 Å². The summed E-state index contributed by atoms with van der Waals surface area (Å²) < 4.78 is 12.8. The summed E-state index contributed by atoms with van der Waals surface area (Å²) in [4.78, 5) is 33.4. The van der Waals surface area contributed by atoms with E-state index in [0.29, 0.717) is 18.2 Å². The van der Waals surface area contributed by atoms with Crippen LogP contribution in [0.4, 0.5) is 5.95 Å². The Morgan fingerprint density at radius 1 is 1.09 bits per heavy atom. The average molecular weight is 436 g/mol. The zero-order chi connectivity index (χ0) is 22.7. The number of anilines is 1. The number of rotatable bonds is 8. The number of esters is 1. The van der Waals surface area contributed by atoms with E-state index < -0.39 is 17.9 Å². The summed E-state index contributed by atoms with van der Waals surface area (Å²) in [5.41, 5.74) is 2.46. The molecule has 0 saturated heterocycles. The van der Waals surface area contributed by atoms with Crippen molar-refractivity contribution in [1.29, 1.82) is 0 Å². The predicted molar refractivity (Wildman–Crippen MR) is 123 cm³/mol. The number of amides is 1. The molecular weight excluding hydrogens is 406 g/mol. The van der Waals surface area contributed by atoms with Crippen LogP contribution in [-0.4, -0.2) is 41.7 Å². The van der Waals surface area contributed by atoms with E-state index in [9.17, 15) is 9.59 Å². The number of para-hydroxylation sites is 2. The van der Waals surface area contributed by atoms with Gasteiger partial charge in [0.2, 0.25) is 11.9 Å². The number of methoxy groups -OCH3 is 1. The molecule has 1 amide bonds. The molecule has 32 heavy (non-hydrogen) atoms. The first-order valence-electron chi connectivity index (χ1n) is 11.2. The van der Waals surface area contributed by atoms with Crippen LogP contribution in [0.1, 0.15) is 44.7 Å². The first kappa shape index (κ1) is 21.9. The van der Waals surface area contributed by atoms with Crippen LogP contribution in [0.25, 0.3) is 11.0 Å². The Labute approximate surface area is 187 Å². The molecule has 0 unspecified atom stereocenters. The molecule has 1 aromatic heterocycles. The van der Waals surface area contributed by atoms with Crippen LogP contribution < -0.4 is 9.64 Å². The van der Waals surface area contributed by atoms with E-state index in [2.05, 4.69) is 6.92 Å². The van der Waals surface area contributed by atoms with Gasteiger partial charge in [-0.2, -0.15) is 0 Å². The highest BCUT2D eigenvalue weighted by molar-refractivity contribution is 6.08. The molecule has 0 radical (unpaired) electrons. The normalized spacial score (nSPS) is 18.0. The van der Waals surface area contributed by atoms with Crippen molar-refractivity contribution in [1.82, 2.24) is 9.55 Å². The monoisotopic (exact) mass is 435 g/mol. The molecule has 7 nitrogen and oxygen atoms in total. The van der Waals surface area contributed by atoms with E-state index in [-0.39, 0.29) is 12.5 Å². The van der Waals surface area contributed by atoms with Gasteiger partial charge in [0.1, 0.15) is 5.75 Å². The number of carbonyl (C=O) groups is 2. The highest BCUT2D eigenvalue weighted by Gasteiger charge is 2.47. The first-order chi connectivity index (χ1) is 15.6. The van der Waals surface area contributed by atoms with Crippen LogP contribution in [0.15, 0.2) is 48.5 Å². The number of imidazole rings is 1. The van der Waals surface area contributed by atoms with Gasteiger partial charge in [-0.25, -0.2) is 4.98 Å². The molecule has 0 spiro atoms. The van der Waals surface area contributed by atoms with Crippen molar-refractivity contribution in [3.8, 4) is 5.75 Å². The number of hydrogen-bond donors (Lipinski definition) is 0. The van der Waals surface area contributed by atoms with Gasteiger partial charge < -0.3 is 14.0 Å². The molecule has 0 bridgehead atoms. The van der Waals surface area contributed by atoms with E-state index in [1.165, 1.54) is 0 Å². The lowest BCUT2D eigenvalue weighted by Gasteiger charge is -2.38. The second kappa shape index (κ2) is 9.42. The van der Waals surface area contributed by atoms with Gasteiger partial charge in [-0.15, -0.1) is 0 Å². The Morgan fingerprint density at radius 2 is 1.91 bits per heavy atom. The standard InChI is InChI=1S/C25H29N3O4/c1-4-6-9-15-27-23(29)21(24(30)32-5-2)22(17-11-10-12-18(16-17)31-3)28-20-14-8-7-13-19(20)26-25(27)28/h7-8,10-14,16,21-22H,4-6,9,15H2,1-3H3/t21-,22-/m1/s1. The lowest BCUT2D eigenvalue weighted by molar-refractivity contribution is -0.153. The average Bonchev–Trinajstić information content (AvgIpc) is 3.19. The van der Waals surface area contributed by atoms with Gasteiger partial charge in [-0.05, 0) is 43.2 Å². The highest BCUT2D eigenvalue weighted by atomic mass is 16.5. The summed E-state index contributed by atoms with van der Waals surface area (Å²) >= 11 is 0. The predicted octanol–water partition coefficient (Wildman–Crippen LogP) is 4.35. The minimum Gasteiger partial charge on any atom is -0.497 e. The molecule has 1 aliphatic heterocycles. The number of fused-ring (bicyclic) bond motifs is 3. The summed E-state index contributed by atoms with van der Waals surface area (Å²) in [5, 5.41) is 0. The Hall–Kier alpha value is -3.35. The van der Waals surface area contributed by atoms with Crippen molar-refractivity contribution in [2.45, 2.75) is 39.2 Å².